The van der Waals surface area contributed by atoms with Gasteiger partial charge in [-0.15, -0.1) is 0 Å². The van der Waals surface area contributed by atoms with Crippen LogP contribution in [0.5, 0.6) is 0 Å². The third kappa shape index (κ3) is 5.45. The molecule has 21 heavy (non-hydrogen) atoms. The number of hydrogen-bond donors (Lipinski definition) is 1. The largest absolute Gasteiger partial charge is 0.462 e. The fourth-order valence-corrected chi connectivity index (χ4v) is 1.87. The molecule has 0 unspecified atom stereocenters. The zero-order valence-electron chi connectivity index (χ0n) is 13.0. The molecule has 0 fully saturated rings. The molecule has 1 N–H and O–H groups in total. The Labute approximate surface area is 126 Å². The lowest BCUT2D eigenvalue weighted by Gasteiger charge is -2.19. The number of ether oxygens (including phenoxy) is 1. The van der Waals surface area contributed by atoms with E-state index in [0.717, 1.165) is 12.1 Å². The molecule has 0 heterocycles. The van der Waals surface area contributed by atoms with Crippen LogP contribution in [0.3, 0.4) is 0 Å². The van der Waals surface area contributed by atoms with Crippen LogP contribution < -0.4 is 5.32 Å². The van der Waals surface area contributed by atoms with Crippen LogP contribution in [0.25, 0.3) is 0 Å². The van der Waals surface area contributed by atoms with Crippen LogP contribution in [0.2, 0.25) is 0 Å². The number of nitrogens with one attached hydrogen (secondary N) is 1. The summed E-state index contributed by atoms with van der Waals surface area (Å²) in [5.41, 5.74) is 1.33. The highest BCUT2D eigenvalue weighted by atomic mass is 16.5. The topological polar surface area (TPSA) is 58.6 Å². The number of hydrogen-bond acceptors (Lipinski definition) is 4. The molecule has 5 heteroatoms. The Kier molecular flexibility index (Phi) is 7.29. The third-order valence-corrected chi connectivity index (χ3v) is 3.12. The van der Waals surface area contributed by atoms with E-state index in [1.54, 1.807) is 29.2 Å². The lowest BCUT2D eigenvalue weighted by atomic mass is 10.2. The standard InChI is InChI=1S/C16H24N2O3/c1-4-11-21-16(20)13-7-9-14(10-8-13)17-12-15(19)18(5-2)6-3/h7-10,17H,4-6,11-12H2,1-3H3. The summed E-state index contributed by atoms with van der Waals surface area (Å²) >= 11 is 0. The minimum atomic E-state index is -0.317. The smallest absolute Gasteiger partial charge is 0.338 e. The summed E-state index contributed by atoms with van der Waals surface area (Å²) in [7, 11) is 0. The van der Waals surface area contributed by atoms with Crippen molar-refractivity contribution in [1.29, 1.82) is 0 Å². The SMILES string of the molecule is CCCOC(=O)c1ccc(NCC(=O)N(CC)CC)cc1. The Balaban J connectivity index is 2.51. The van der Waals surface area contributed by atoms with E-state index in [1.807, 2.05) is 20.8 Å². The molecule has 0 bridgehead atoms. The Hall–Kier alpha value is -2.04. The van der Waals surface area contributed by atoms with E-state index in [2.05, 4.69) is 5.32 Å². The van der Waals surface area contributed by atoms with Gasteiger partial charge in [0.05, 0.1) is 18.7 Å². The second kappa shape index (κ2) is 9.00. The van der Waals surface area contributed by atoms with Crippen molar-refractivity contribution in [3.8, 4) is 0 Å². The first-order valence-corrected chi connectivity index (χ1v) is 7.41. The van der Waals surface area contributed by atoms with Crippen LogP contribution in [0.4, 0.5) is 5.69 Å². The van der Waals surface area contributed by atoms with Crippen LogP contribution in [0, 0.1) is 0 Å². The first kappa shape index (κ1) is 17.0. The summed E-state index contributed by atoms with van der Waals surface area (Å²) in [6, 6.07) is 6.94. The Morgan fingerprint density at radius 2 is 1.71 bits per heavy atom. The summed E-state index contributed by atoms with van der Waals surface area (Å²) in [6.07, 6.45) is 0.804. The maximum Gasteiger partial charge on any atom is 0.338 e. The summed E-state index contributed by atoms with van der Waals surface area (Å²) in [5.74, 6) is -0.256. The molecule has 116 valence electrons. The van der Waals surface area contributed by atoms with Gasteiger partial charge in [0.2, 0.25) is 5.91 Å². The summed E-state index contributed by atoms with van der Waals surface area (Å²) in [4.78, 5) is 25.3. The molecular weight excluding hydrogens is 268 g/mol. The van der Waals surface area contributed by atoms with Gasteiger partial charge in [-0.2, -0.15) is 0 Å². The quantitative estimate of drug-likeness (QED) is 0.748. The molecule has 0 atom stereocenters. The first-order valence-electron chi connectivity index (χ1n) is 7.41. The van der Waals surface area contributed by atoms with Crippen LogP contribution >= 0.6 is 0 Å². The van der Waals surface area contributed by atoms with E-state index in [4.69, 9.17) is 4.74 Å². The van der Waals surface area contributed by atoms with Crippen molar-refractivity contribution in [3.05, 3.63) is 29.8 Å². The number of esters is 1. The molecular formula is C16H24N2O3. The van der Waals surface area contributed by atoms with Crippen molar-refractivity contribution in [1.82, 2.24) is 4.90 Å². The van der Waals surface area contributed by atoms with Crippen molar-refractivity contribution < 1.29 is 14.3 Å². The summed E-state index contributed by atoms with van der Waals surface area (Å²) in [6.45, 7) is 7.96. The van der Waals surface area contributed by atoms with E-state index < -0.39 is 0 Å². The van der Waals surface area contributed by atoms with Gasteiger partial charge < -0.3 is 15.0 Å². The maximum atomic E-state index is 11.9. The molecule has 0 aromatic heterocycles. The third-order valence-electron chi connectivity index (χ3n) is 3.12. The lowest BCUT2D eigenvalue weighted by molar-refractivity contribution is -0.128. The second-order valence-corrected chi connectivity index (χ2v) is 4.63. The minimum absolute atomic E-state index is 0.0615. The molecule has 1 aromatic carbocycles. The molecule has 0 aliphatic carbocycles. The number of benzene rings is 1. The molecule has 0 aliphatic rings. The monoisotopic (exact) mass is 292 g/mol. The average molecular weight is 292 g/mol. The predicted octanol–water partition coefficient (Wildman–Crippen LogP) is 2.53. The van der Waals surface area contributed by atoms with Gasteiger partial charge in [0.15, 0.2) is 0 Å². The number of rotatable bonds is 8. The zero-order valence-corrected chi connectivity index (χ0v) is 13.0. The Morgan fingerprint density at radius 3 is 2.24 bits per heavy atom. The van der Waals surface area contributed by atoms with E-state index in [9.17, 15) is 9.59 Å². The van der Waals surface area contributed by atoms with Crippen LogP contribution in [-0.4, -0.2) is 43.0 Å². The van der Waals surface area contributed by atoms with E-state index in [1.165, 1.54) is 0 Å². The Bertz CT molecular complexity index is 453. The number of nitrogens with zero attached hydrogens (tertiary/aromatic N) is 1. The van der Waals surface area contributed by atoms with Crippen molar-refractivity contribution >= 4 is 17.6 Å². The average Bonchev–Trinajstić information content (AvgIpc) is 2.52. The molecule has 0 aliphatic heterocycles. The zero-order chi connectivity index (χ0) is 15.7. The number of likely N-dealkylation sites (N-methyl/N-ethyl adjacent to an activating group) is 1. The van der Waals surface area contributed by atoms with Crippen LogP contribution in [0.1, 0.15) is 37.6 Å². The maximum absolute atomic E-state index is 11.9. The molecule has 0 saturated heterocycles. The molecule has 0 radical (unpaired) electrons. The van der Waals surface area contributed by atoms with Gasteiger partial charge in [-0.3, -0.25) is 4.79 Å². The molecule has 5 nitrogen and oxygen atoms in total. The molecule has 0 spiro atoms. The van der Waals surface area contributed by atoms with Gasteiger partial charge in [-0.05, 0) is 44.5 Å². The number of carbonyl (C=O) groups excluding carboxylic acids is 2. The van der Waals surface area contributed by atoms with Crippen LogP contribution in [-0.2, 0) is 9.53 Å². The summed E-state index contributed by atoms with van der Waals surface area (Å²) < 4.78 is 5.06. The normalized spacial score (nSPS) is 10.0. The first-order chi connectivity index (χ1) is 10.1. The number of anilines is 1. The molecule has 1 amide bonds. The van der Waals surface area contributed by atoms with E-state index in [-0.39, 0.29) is 18.4 Å². The second-order valence-electron chi connectivity index (χ2n) is 4.63. The van der Waals surface area contributed by atoms with Gasteiger partial charge in [0.1, 0.15) is 0 Å². The fraction of sp³-hybridized carbons (Fsp3) is 0.500. The number of amides is 1. The fourth-order valence-electron chi connectivity index (χ4n) is 1.87. The van der Waals surface area contributed by atoms with Gasteiger partial charge in [0.25, 0.3) is 0 Å². The highest BCUT2D eigenvalue weighted by Gasteiger charge is 2.09. The van der Waals surface area contributed by atoms with Crippen molar-refractivity contribution in [2.24, 2.45) is 0 Å². The predicted molar refractivity (Wildman–Crippen MR) is 83.4 cm³/mol. The van der Waals surface area contributed by atoms with Crippen molar-refractivity contribution in [2.45, 2.75) is 27.2 Å². The van der Waals surface area contributed by atoms with E-state index >= 15 is 0 Å². The van der Waals surface area contributed by atoms with Crippen molar-refractivity contribution in [3.63, 3.8) is 0 Å². The van der Waals surface area contributed by atoms with Gasteiger partial charge in [-0.1, -0.05) is 6.92 Å². The molecule has 0 saturated carbocycles. The van der Waals surface area contributed by atoms with Gasteiger partial charge in [-0.25, -0.2) is 4.79 Å². The van der Waals surface area contributed by atoms with Gasteiger partial charge >= 0.3 is 5.97 Å². The summed E-state index contributed by atoms with van der Waals surface area (Å²) in [5, 5.41) is 3.06. The lowest BCUT2D eigenvalue weighted by Crippen LogP contribution is -2.35. The van der Waals surface area contributed by atoms with Gasteiger partial charge in [0, 0.05) is 18.8 Å². The van der Waals surface area contributed by atoms with Crippen LogP contribution in [0.15, 0.2) is 24.3 Å². The number of carbonyl (C=O) groups is 2. The molecule has 1 aromatic rings. The Morgan fingerprint density at radius 1 is 1.10 bits per heavy atom. The minimum Gasteiger partial charge on any atom is -0.462 e. The highest BCUT2D eigenvalue weighted by Crippen LogP contribution is 2.10. The molecule has 1 rings (SSSR count). The van der Waals surface area contributed by atoms with Crippen molar-refractivity contribution in [2.75, 3.05) is 31.6 Å². The highest BCUT2D eigenvalue weighted by molar-refractivity contribution is 5.90. The van der Waals surface area contributed by atoms with E-state index in [0.29, 0.717) is 25.3 Å².